The van der Waals surface area contributed by atoms with Gasteiger partial charge in [0.25, 0.3) is 5.56 Å². The molecule has 2 aromatic rings. The summed E-state index contributed by atoms with van der Waals surface area (Å²) in [6.45, 7) is 4.47. The molecule has 0 spiro atoms. The van der Waals surface area contributed by atoms with Crippen LogP contribution in [0.2, 0.25) is 0 Å². The molecule has 2 heterocycles. The molecule has 1 aliphatic rings. The molecule has 30 heavy (non-hydrogen) atoms. The smallest absolute Gasteiger partial charge is 0.258 e. The monoisotopic (exact) mass is 433 g/mol. The lowest BCUT2D eigenvalue weighted by molar-refractivity contribution is -0.122. The van der Waals surface area contributed by atoms with E-state index in [1.807, 2.05) is 6.92 Å². The zero-order valence-electron chi connectivity index (χ0n) is 17.2. The molecular weight excluding hydrogens is 406 g/mol. The van der Waals surface area contributed by atoms with E-state index in [1.54, 1.807) is 24.4 Å². The van der Waals surface area contributed by atoms with Gasteiger partial charge in [-0.1, -0.05) is 0 Å². The number of nitrogens with zero attached hydrogens (tertiary/aromatic N) is 2. The summed E-state index contributed by atoms with van der Waals surface area (Å²) in [5.41, 5.74) is 0.325. The first-order chi connectivity index (χ1) is 14.3. The van der Waals surface area contributed by atoms with Crippen LogP contribution in [0, 0.1) is 0 Å². The van der Waals surface area contributed by atoms with Gasteiger partial charge in [-0.3, -0.25) is 19.1 Å². The van der Waals surface area contributed by atoms with Gasteiger partial charge in [-0.15, -0.1) is 0 Å². The van der Waals surface area contributed by atoms with Gasteiger partial charge in [0, 0.05) is 43.8 Å². The Morgan fingerprint density at radius 1 is 1.17 bits per heavy atom. The molecule has 9 heteroatoms. The Labute approximate surface area is 176 Å². The van der Waals surface area contributed by atoms with E-state index < -0.39 is 9.84 Å². The van der Waals surface area contributed by atoms with Gasteiger partial charge in [-0.25, -0.2) is 8.42 Å². The molecule has 1 aromatic heterocycles. The fraction of sp³-hybridized carbons (Fsp3) is 0.429. The third-order valence-electron chi connectivity index (χ3n) is 5.01. The van der Waals surface area contributed by atoms with E-state index in [0.29, 0.717) is 24.5 Å². The second-order valence-electron chi connectivity index (χ2n) is 7.38. The number of nitrogens with one attached hydrogen (secondary N) is 1. The Morgan fingerprint density at radius 3 is 2.40 bits per heavy atom. The maximum Gasteiger partial charge on any atom is 0.258 e. The molecule has 0 unspecified atom stereocenters. The number of sulfone groups is 1. The standard InChI is InChI=1S/C21H27N3O5S/c1-3-22-20(25)15-23-11-8-17(9-12-23)29-18-10-13-24(21(26)14-18)16-4-6-19(7-5-16)30(2,27)28/h4-7,10,13-14,17H,3,8-9,11-12,15H2,1-2H3,(H,22,25). The highest BCUT2D eigenvalue weighted by molar-refractivity contribution is 7.90. The third kappa shape index (κ3) is 5.70. The summed E-state index contributed by atoms with van der Waals surface area (Å²) < 4.78 is 30.6. The van der Waals surface area contributed by atoms with Gasteiger partial charge < -0.3 is 10.1 Å². The number of hydrogen-bond acceptors (Lipinski definition) is 6. The van der Waals surface area contributed by atoms with Crippen LogP contribution >= 0.6 is 0 Å². The maximum atomic E-state index is 12.5. The van der Waals surface area contributed by atoms with E-state index in [2.05, 4.69) is 10.2 Å². The lowest BCUT2D eigenvalue weighted by atomic mass is 10.1. The van der Waals surface area contributed by atoms with E-state index in [1.165, 1.54) is 22.8 Å². The number of benzene rings is 1. The molecule has 1 amide bonds. The summed E-state index contributed by atoms with van der Waals surface area (Å²) in [5, 5.41) is 2.80. The Morgan fingerprint density at radius 2 is 1.83 bits per heavy atom. The largest absolute Gasteiger partial charge is 0.490 e. The molecule has 0 saturated carbocycles. The maximum absolute atomic E-state index is 12.5. The molecule has 8 nitrogen and oxygen atoms in total. The molecule has 1 aromatic carbocycles. The minimum atomic E-state index is -3.28. The minimum Gasteiger partial charge on any atom is -0.490 e. The van der Waals surface area contributed by atoms with Crippen LogP contribution in [-0.4, -0.2) is 62.3 Å². The number of carbonyl (C=O) groups is 1. The third-order valence-corrected chi connectivity index (χ3v) is 6.14. The van der Waals surface area contributed by atoms with Crippen molar-refractivity contribution in [3.63, 3.8) is 0 Å². The van der Waals surface area contributed by atoms with Crippen LogP contribution in [0.4, 0.5) is 0 Å². The molecule has 0 aliphatic carbocycles. The van der Waals surface area contributed by atoms with Gasteiger partial charge in [0.1, 0.15) is 11.9 Å². The first kappa shape index (κ1) is 22.0. The fourth-order valence-corrected chi connectivity index (χ4v) is 4.07. The van der Waals surface area contributed by atoms with Gasteiger partial charge in [0.2, 0.25) is 5.91 Å². The minimum absolute atomic E-state index is 0.000203. The molecular formula is C21H27N3O5S. The predicted octanol–water partition coefficient (Wildman–Crippen LogP) is 1.22. The van der Waals surface area contributed by atoms with Crippen LogP contribution in [0.25, 0.3) is 5.69 Å². The van der Waals surface area contributed by atoms with Gasteiger partial charge >= 0.3 is 0 Å². The number of likely N-dealkylation sites (tertiary alicyclic amines) is 1. The van der Waals surface area contributed by atoms with Crippen molar-refractivity contribution in [2.45, 2.75) is 30.8 Å². The van der Waals surface area contributed by atoms with Crippen molar-refractivity contribution >= 4 is 15.7 Å². The SMILES string of the molecule is CCNC(=O)CN1CCC(Oc2ccn(-c3ccc(S(C)(=O)=O)cc3)c(=O)c2)CC1. The molecule has 0 atom stereocenters. The summed E-state index contributed by atoms with van der Waals surface area (Å²) >= 11 is 0. The Bertz CT molecular complexity index is 1040. The van der Waals surface area contributed by atoms with E-state index >= 15 is 0 Å². The Hall–Kier alpha value is -2.65. The fourth-order valence-electron chi connectivity index (χ4n) is 3.44. The molecule has 3 rings (SSSR count). The molecule has 1 aliphatic heterocycles. The van der Waals surface area contributed by atoms with Crippen molar-refractivity contribution in [1.29, 1.82) is 0 Å². The van der Waals surface area contributed by atoms with Gasteiger partial charge in [0.15, 0.2) is 9.84 Å². The van der Waals surface area contributed by atoms with Crippen LogP contribution in [0.1, 0.15) is 19.8 Å². The summed E-state index contributed by atoms with van der Waals surface area (Å²) in [6.07, 6.45) is 4.34. The number of amides is 1. The number of hydrogen-bond donors (Lipinski definition) is 1. The first-order valence-electron chi connectivity index (χ1n) is 9.95. The highest BCUT2D eigenvalue weighted by Crippen LogP contribution is 2.19. The molecule has 0 bridgehead atoms. The van der Waals surface area contributed by atoms with Crippen LogP contribution in [0.3, 0.4) is 0 Å². The summed E-state index contributed by atoms with van der Waals surface area (Å²) in [4.78, 5) is 26.5. The zero-order chi connectivity index (χ0) is 21.7. The quantitative estimate of drug-likeness (QED) is 0.705. The highest BCUT2D eigenvalue weighted by atomic mass is 32.2. The van der Waals surface area contributed by atoms with Crippen LogP contribution in [-0.2, 0) is 14.6 Å². The van der Waals surface area contributed by atoms with E-state index in [-0.39, 0.29) is 22.5 Å². The van der Waals surface area contributed by atoms with Crippen molar-refractivity contribution in [2.24, 2.45) is 0 Å². The summed E-state index contributed by atoms with van der Waals surface area (Å²) in [5.74, 6) is 0.538. The molecule has 1 N–H and O–H groups in total. The molecule has 1 saturated heterocycles. The second-order valence-corrected chi connectivity index (χ2v) is 9.40. The first-order valence-corrected chi connectivity index (χ1v) is 11.8. The van der Waals surface area contributed by atoms with E-state index in [4.69, 9.17) is 4.74 Å². The summed E-state index contributed by atoms with van der Waals surface area (Å²) in [6, 6.07) is 9.33. The number of carbonyl (C=O) groups excluding carboxylic acids is 1. The van der Waals surface area contributed by atoms with Gasteiger partial charge in [-0.2, -0.15) is 0 Å². The number of ether oxygens (including phenoxy) is 1. The van der Waals surface area contributed by atoms with E-state index in [0.717, 1.165) is 32.2 Å². The van der Waals surface area contributed by atoms with Gasteiger partial charge in [0.05, 0.1) is 11.4 Å². The topological polar surface area (TPSA) is 97.7 Å². The van der Waals surface area contributed by atoms with Crippen LogP contribution in [0.5, 0.6) is 5.75 Å². The number of piperidine rings is 1. The van der Waals surface area contributed by atoms with Crippen molar-refractivity contribution in [1.82, 2.24) is 14.8 Å². The predicted molar refractivity (Wildman–Crippen MR) is 114 cm³/mol. The van der Waals surface area contributed by atoms with E-state index in [9.17, 15) is 18.0 Å². The van der Waals surface area contributed by atoms with Gasteiger partial charge in [-0.05, 0) is 50.1 Å². The summed E-state index contributed by atoms with van der Waals surface area (Å²) in [7, 11) is -3.28. The average Bonchev–Trinajstić information content (AvgIpc) is 2.69. The van der Waals surface area contributed by atoms with Crippen LogP contribution < -0.4 is 15.6 Å². The molecule has 1 fully saturated rings. The molecule has 162 valence electrons. The van der Waals surface area contributed by atoms with Crippen molar-refractivity contribution in [3.05, 3.63) is 52.9 Å². The number of rotatable bonds is 7. The lowest BCUT2D eigenvalue weighted by Crippen LogP contribution is -2.43. The Balaban J connectivity index is 1.60. The normalized spacial score (nSPS) is 15.7. The van der Waals surface area contributed by atoms with Crippen molar-refractivity contribution in [3.8, 4) is 11.4 Å². The Kier molecular flexibility index (Phi) is 6.94. The van der Waals surface area contributed by atoms with Crippen molar-refractivity contribution < 1.29 is 17.9 Å². The second kappa shape index (κ2) is 9.44. The number of pyridine rings is 1. The lowest BCUT2D eigenvalue weighted by Gasteiger charge is -2.31. The average molecular weight is 434 g/mol. The van der Waals surface area contributed by atoms with Crippen LogP contribution in [0.15, 0.2) is 52.3 Å². The number of aromatic nitrogens is 1. The van der Waals surface area contributed by atoms with Crippen molar-refractivity contribution in [2.75, 3.05) is 32.4 Å². The zero-order valence-corrected chi connectivity index (χ0v) is 18.0. The molecule has 0 radical (unpaired) electrons. The number of likely N-dealkylation sites (N-methyl/N-ethyl adjacent to an activating group) is 1. The highest BCUT2D eigenvalue weighted by Gasteiger charge is 2.22.